The molecule has 0 saturated carbocycles. The maximum absolute atomic E-state index is 12.7. The number of pyridine rings is 1. The molecule has 0 radical (unpaired) electrons. The van der Waals surface area contributed by atoms with Gasteiger partial charge in [-0.15, -0.1) is 0 Å². The second kappa shape index (κ2) is 9.13. The highest BCUT2D eigenvalue weighted by atomic mass is 35.5. The highest BCUT2D eigenvalue weighted by Gasteiger charge is 2.32. The Hall–Kier alpha value is -3.16. The molecule has 0 spiro atoms. The van der Waals surface area contributed by atoms with Gasteiger partial charge in [-0.05, 0) is 64.8 Å². The maximum atomic E-state index is 12.7. The second-order valence-electron chi connectivity index (χ2n) is 10.0. The van der Waals surface area contributed by atoms with E-state index in [-0.39, 0.29) is 0 Å². The predicted octanol–water partition coefficient (Wildman–Crippen LogP) is 5.41. The summed E-state index contributed by atoms with van der Waals surface area (Å²) in [5.41, 5.74) is 12.6. The maximum Gasteiger partial charge on any atom is 0.251 e. The number of hydrogen-bond donors (Lipinski definition) is 1. The van der Waals surface area contributed by atoms with Crippen LogP contribution in [0.5, 0.6) is 0 Å². The number of fused-ring (bicyclic) bond motifs is 1. The molecule has 7 nitrogen and oxygen atoms in total. The lowest BCUT2D eigenvalue weighted by Crippen LogP contribution is -2.32. The Morgan fingerprint density at radius 2 is 1.83 bits per heavy atom. The quantitative estimate of drug-likeness (QED) is 0.389. The van der Waals surface area contributed by atoms with E-state index in [9.17, 15) is 4.79 Å². The average molecular weight is 494 g/mol. The van der Waals surface area contributed by atoms with Crippen LogP contribution in [0, 0.1) is 20.8 Å². The molecule has 1 amide bonds. The van der Waals surface area contributed by atoms with Crippen molar-refractivity contribution in [2.75, 3.05) is 0 Å². The molecule has 8 heteroatoms. The summed E-state index contributed by atoms with van der Waals surface area (Å²) in [4.78, 5) is 17.8. The van der Waals surface area contributed by atoms with Gasteiger partial charge in [-0.25, -0.2) is 4.98 Å². The number of carbonyl (C=O) groups excluding carboxylic acids is 1. The van der Waals surface area contributed by atoms with Crippen LogP contribution in [0.4, 0.5) is 0 Å². The minimum absolute atomic E-state index is 0.552. The van der Waals surface area contributed by atoms with Crippen molar-refractivity contribution in [2.45, 2.75) is 59.8 Å². The third kappa shape index (κ3) is 4.83. The Labute approximate surface area is 210 Å². The van der Waals surface area contributed by atoms with Gasteiger partial charge in [0.2, 0.25) is 0 Å². The summed E-state index contributed by atoms with van der Waals surface area (Å²) in [6.07, 6.45) is 2.91. The molecule has 2 N–H and O–H groups in total. The monoisotopic (exact) mass is 493 g/mol. The number of ether oxygens (including phenoxy) is 1. The number of benzene rings is 1. The summed E-state index contributed by atoms with van der Waals surface area (Å²) >= 11 is 6.22. The van der Waals surface area contributed by atoms with Crippen LogP contribution in [-0.2, 0) is 23.1 Å². The number of halogens is 1. The Morgan fingerprint density at radius 3 is 2.37 bits per heavy atom. The summed E-state index contributed by atoms with van der Waals surface area (Å²) in [7, 11) is 1.90. The molecule has 4 rings (SSSR count). The molecule has 1 atom stereocenters. The first kappa shape index (κ1) is 24.9. The van der Waals surface area contributed by atoms with Crippen molar-refractivity contribution < 1.29 is 9.53 Å². The zero-order chi connectivity index (χ0) is 25.7. The first-order valence-electron chi connectivity index (χ1n) is 11.6. The van der Waals surface area contributed by atoms with Crippen molar-refractivity contribution in [2.24, 2.45) is 12.8 Å². The molecule has 0 aliphatic heterocycles. The van der Waals surface area contributed by atoms with Crippen molar-refractivity contribution >= 4 is 28.5 Å². The van der Waals surface area contributed by atoms with Crippen LogP contribution in [-0.4, -0.2) is 30.8 Å². The molecule has 184 valence electrons. The molecule has 3 heterocycles. The van der Waals surface area contributed by atoms with E-state index in [0.29, 0.717) is 22.8 Å². The number of rotatable bonds is 6. The number of nitrogens with two attached hydrogens (primary N) is 1. The normalized spacial score (nSPS) is 12.9. The van der Waals surface area contributed by atoms with Crippen LogP contribution < -0.4 is 5.73 Å². The fourth-order valence-corrected chi connectivity index (χ4v) is 4.70. The summed E-state index contributed by atoms with van der Waals surface area (Å²) in [5.74, 6) is -0.552. The van der Waals surface area contributed by atoms with Gasteiger partial charge in [-0.3, -0.25) is 9.48 Å². The van der Waals surface area contributed by atoms with E-state index in [0.717, 1.165) is 39.0 Å². The molecule has 0 aliphatic rings. The van der Waals surface area contributed by atoms with Crippen molar-refractivity contribution in [1.29, 1.82) is 0 Å². The zero-order valence-electron chi connectivity index (χ0n) is 21.3. The van der Waals surface area contributed by atoms with Gasteiger partial charge in [0.15, 0.2) is 6.10 Å². The van der Waals surface area contributed by atoms with E-state index in [1.165, 1.54) is 0 Å². The lowest BCUT2D eigenvalue weighted by atomic mass is 9.90. The molecular formula is C27H32ClN5O2. The SMILES string of the molecule is Cc1nc2c(c(C)c(C)n2Cc2cnn(C)c2)c(-c2ccc(Cl)cc2)c1[C@H](OC(C)(C)C)C(N)=O. The number of primary amides is 1. The lowest BCUT2D eigenvalue weighted by molar-refractivity contribution is -0.140. The van der Waals surface area contributed by atoms with E-state index in [4.69, 9.17) is 27.1 Å². The van der Waals surface area contributed by atoms with Gasteiger partial charge in [-0.1, -0.05) is 23.7 Å². The Balaban J connectivity index is 2.07. The van der Waals surface area contributed by atoms with Gasteiger partial charge in [0.05, 0.1) is 18.3 Å². The summed E-state index contributed by atoms with van der Waals surface area (Å²) < 4.78 is 10.2. The number of carbonyl (C=O) groups is 1. The molecule has 0 saturated heterocycles. The number of amides is 1. The second-order valence-corrected chi connectivity index (χ2v) is 10.5. The average Bonchev–Trinajstić information content (AvgIpc) is 3.28. The molecule has 35 heavy (non-hydrogen) atoms. The zero-order valence-corrected chi connectivity index (χ0v) is 22.1. The van der Waals surface area contributed by atoms with Crippen molar-refractivity contribution in [1.82, 2.24) is 19.3 Å². The van der Waals surface area contributed by atoms with Gasteiger partial charge in [0.1, 0.15) is 5.65 Å². The first-order valence-corrected chi connectivity index (χ1v) is 12.0. The Morgan fingerprint density at radius 1 is 1.17 bits per heavy atom. The number of nitrogens with zero attached hydrogens (tertiary/aromatic N) is 4. The predicted molar refractivity (Wildman–Crippen MR) is 139 cm³/mol. The third-order valence-corrected chi connectivity index (χ3v) is 6.46. The van der Waals surface area contributed by atoms with Crippen LogP contribution >= 0.6 is 11.6 Å². The van der Waals surface area contributed by atoms with Crippen LogP contribution in [0.15, 0.2) is 36.7 Å². The third-order valence-electron chi connectivity index (χ3n) is 6.21. The van der Waals surface area contributed by atoms with Crippen LogP contribution in [0.1, 0.15) is 55.0 Å². The van der Waals surface area contributed by atoms with Crippen molar-refractivity contribution in [3.8, 4) is 11.1 Å². The van der Waals surface area contributed by atoms with Gasteiger partial charge < -0.3 is 15.0 Å². The van der Waals surface area contributed by atoms with E-state index in [1.807, 2.05) is 71.4 Å². The first-order chi connectivity index (χ1) is 16.4. The topological polar surface area (TPSA) is 88.0 Å². The van der Waals surface area contributed by atoms with E-state index in [1.54, 1.807) is 4.68 Å². The summed E-state index contributed by atoms with van der Waals surface area (Å²) in [5, 5.41) is 5.92. The largest absolute Gasteiger partial charge is 0.367 e. The van der Waals surface area contributed by atoms with E-state index in [2.05, 4.69) is 23.5 Å². The molecule has 0 unspecified atom stereocenters. The standard InChI is InChI=1S/C27H32ClN5O2/c1-15-17(3)33(14-18-12-30-32(7)13-18)26-21(15)23(19-8-10-20(28)11-9-19)22(16(2)31-26)24(25(29)34)35-27(4,5)6/h8-13,24H,14H2,1-7H3,(H2,29,34)/t24-/m0/s1. The van der Waals surface area contributed by atoms with Crippen LogP contribution in [0.2, 0.25) is 5.02 Å². The summed E-state index contributed by atoms with van der Waals surface area (Å²) in [6.45, 7) is 12.4. The molecule has 3 aromatic heterocycles. The van der Waals surface area contributed by atoms with Crippen molar-refractivity contribution in [3.63, 3.8) is 0 Å². The fraction of sp³-hybridized carbons (Fsp3) is 0.370. The molecule has 1 aromatic carbocycles. The summed E-state index contributed by atoms with van der Waals surface area (Å²) in [6, 6.07) is 7.62. The highest BCUT2D eigenvalue weighted by molar-refractivity contribution is 6.30. The number of aromatic nitrogens is 4. The minimum atomic E-state index is -0.959. The fourth-order valence-electron chi connectivity index (χ4n) is 4.57. The van der Waals surface area contributed by atoms with Gasteiger partial charge >= 0.3 is 0 Å². The number of aryl methyl sites for hydroxylation is 3. The van der Waals surface area contributed by atoms with Gasteiger partial charge in [-0.2, -0.15) is 5.10 Å². The molecule has 0 aliphatic carbocycles. The van der Waals surface area contributed by atoms with Gasteiger partial charge in [0.25, 0.3) is 5.91 Å². The smallest absolute Gasteiger partial charge is 0.251 e. The Kier molecular flexibility index (Phi) is 6.51. The molecular weight excluding hydrogens is 462 g/mol. The Bertz CT molecular complexity index is 1410. The van der Waals surface area contributed by atoms with Crippen molar-refractivity contribution in [3.05, 3.63) is 69.8 Å². The van der Waals surface area contributed by atoms with Crippen LogP contribution in [0.25, 0.3) is 22.2 Å². The van der Waals surface area contributed by atoms with Gasteiger partial charge in [0, 0.05) is 51.7 Å². The van der Waals surface area contributed by atoms with E-state index >= 15 is 0 Å². The molecule has 4 aromatic rings. The van der Waals surface area contributed by atoms with E-state index < -0.39 is 17.6 Å². The lowest BCUT2D eigenvalue weighted by Gasteiger charge is -2.28. The highest BCUT2D eigenvalue weighted by Crippen LogP contribution is 2.42. The molecule has 0 fully saturated rings. The number of hydrogen-bond acceptors (Lipinski definition) is 4. The van der Waals surface area contributed by atoms with Crippen LogP contribution in [0.3, 0.4) is 0 Å². The minimum Gasteiger partial charge on any atom is -0.367 e. The molecule has 0 bridgehead atoms.